The van der Waals surface area contributed by atoms with Crippen LogP contribution in [0.5, 0.6) is 0 Å². The van der Waals surface area contributed by atoms with Crippen molar-refractivity contribution in [3.8, 4) is 0 Å². The van der Waals surface area contributed by atoms with Gasteiger partial charge in [-0.3, -0.25) is 0 Å². The van der Waals surface area contributed by atoms with Gasteiger partial charge in [0.15, 0.2) is 0 Å². The predicted molar refractivity (Wildman–Crippen MR) is 60.4 cm³/mol. The third kappa shape index (κ3) is 2.75. The lowest BCUT2D eigenvalue weighted by atomic mass is 10.1. The Morgan fingerprint density at radius 1 is 1.47 bits per heavy atom. The molecule has 2 unspecified atom stereocenters. The summed E-state index contributed by atoms with van der Waals surface area (Å²) in [5.41, 5.74) is 1.10. The standard InChI is InChI=1S/C12H19N3/c1-9-4-3-5-12(9)14-8-11-6-7-13-10(2)15-11/h6-7,9,12,14H,3-5,8H2,1-2H3. The third-order valence-corrected chi connectivity index (χ3v) is 3.24. The molecule has 1 heterocycles. The van der Waals surface area contributed by atoms with E-state index in [0.29, 0.717) is 6.04 Å². The van der Waals surface area contributed by atoms with Gasteiger partial charge in [0.2, 0.25) is 0 Å². The van der Waals surface area contributed by atoms with Gasteiger partial charge in [0.25, 0.3) is 0 Å². The zero-order valence-corrected chi connectivity index (χ0v) is 9.53. The highest BCUT2D eigenvalue weighted by Gasteiger charge is 2.22. The number of nitrogens with zero attached hydrogens (tertiary/aromatic N) is 2. The maximum absolute atomic E-state index is 4.39. The largest absolute Gasteiger partial charge is 0.308 e. The Balaban J connectivity index is 1.87. The summed E-state index contributed by atoms with van der Waals surface area (Å²) < 4.78 is 0. The molecule has 0 amide bonds. The lowest BCUT2D eigenvalue weighted by Crippen LogP contribution is -2.30. The van der Waals surface area contributed by atoms with Crippen molar-refractivity contribution in [1.82, 2.24) is 15.3 Å². The molecule has 3 nitrogen and oxygen atoms in total. The van der Waals surface area contributed by atoms with Crippen LogP contribution >= 0.6 is 0 Å². The van der Waals surface area contributed by atoms with Gasteiger partial charge in [-0.15, -0.1) is 0 Å². The number of hydrogen-bond acceptors (Lipinski definition) is 3. The second kappa shape index (κ2) is 4.71. The topological polar surface area (TPSA) is 37.8 Å². The molecule has 1 aromatic heterocycles. The average Bonchev–Trinajstić information content (AvgIpc) is 2.61. The van der Waals surface area contributed by atoms with Crippen LogP contribution in [0.3, 0.4) is 0 Å². The van der Waals surface area contributed by atoms with Crippen molar-refractivity contribution in [3.05, 3.63) is 23.8 Å². The summed E-state index contributed by atoms with van der Waals surface area (Å²) in [5, 5.41) is 3.58. The van der Waals surface area contributed by atoms with E-state index in [0.717, 1.165) is 24.0 Å². The van der Waals surface area contributed by atoms with E-state index >= 15 is 0 Å². The van der Waals surface area contributed by atoms with E-state index in [4.69, 9.17) is 0 Å². The molecule has 3 heteroatoms. The molecule has 2 rings (SSSR count). The van der Waals surface area contributed by atoms with Crippen LogP contribution in [0, 0.1) is 12.8 Å². The van der Waals surface area contributed by atoms with Gasteiger partial charge >= 0.3 is 0 Å². The molecule has 0 spiro atoms. The normalized spacial score (nSPS) is 25.7. The summed E-state index contributed by atoms with van der Waals surface area (Å²) in [7, 11) is 0. The highest BCUT2D eigenvalue weighted by molar-refractivity contribution is 5.01. The molecule has 0 bridgehead atoms. The third-order valence-electron chi connectivity index (χ3n) is 3.24. The first kappa shape index (κ1) is 10.6. The van der Waals surface area contributed by atoms with Crippen molar-refractivity contribution in [2.45, 2.75) is 45.7 Å². The molecule has 0 aliphatic heterocycles. The summed E-state index contributed by atoms with van der Waals surface area (Å²) in [6.07, 6.45) is 5.87. The van der Waals surface area contributed by atoms with E-state index in [1.165, 1.54) is 19.3 Å². The maximum Gasteiger partial charge on any atom is 0.125 e. The van der Waals surface area contributed by atoms with Crippen LogP contribution in [-0.4, -0.2) is 16.0 Å². The SMILES string of the molecule is Cc1nccc(CNC2CCCC2C)n1. The minimum atomic E-state index is 0.681. The second-order valence-electron chi connectivity index (χ2n) is 4.49. The lowest BCUT2D eigenvalue weighted by molar-refractivity contribution is 0.423. The molecule has 0 aromatic carbocycles. The molecule has 1 aliphatic carbocycles. The van der Waals surface area contributed by atoms with E-state index in [9.17, 15) is 0 Å². The zero-order chi connectivity index (χ0) is 10.7. The van der Waals surface area contributed by atoms with Crippen LogP contribution in [0.1, 0.15) is 37.7 Å². The molecule has 1 aliphatic rings. The van der Waals surface area contributed by atoms with E-state index < -0.39 is 0 Å². The van der Waals surface area contributed by atoms with Crippen molar-refractivity contribution in [1.29, 1.82) is 0 Å². The van der Waals surface area contributed by atoms with Crippen molar-refractivity contribution >= 4 is 0 Å². The van der Waals surface area contributed by atoms with Crippen LogP contribution in [0.4, 0.5) is 0 Å². The highest BCUT2D eigenvalue weighted by Crippen LogP contribution is 2.24. The number of nitrogens with one attached hydrogen (secondary N) is 1. The molecule has 0 radical (unpaired) electrons. The Morgan fingerprint density at radius 3 is 3.00 bits per heavy atom. The number of aryl methyl sites for hydroxylation is 1. The Labute approximate surface area is 91.3 Å². The highest BCUT2D eigenvalue weighted by atomic mass is 15.0. The number of hydrogen-bond donors (Lipinski definition) is 1. The van der Waals surface area contributed by atoms with E-state index in [1.54, 1.807) is 0 Å². The molecule has 1 aromatic rings. The monoisotopic (exact) mass is 205 g/mol. The molecule has 1 fully saturated rings. The Hall–Kier alpha value is -0.960. The van der Waals surface area contributed by atoms with E-state index in [2.05, 4.69) is 22.2 Å². The van der Waals surface area contributed by atoms with Crippen LogP contribution in [0.25, 0.3) is 0 Å². The first-order valence-corrected chi connectivity index (χ1v) is 5.77. The maximum atomic E-state index is 4.39. The van der Waals surface area contributed by atoms with Crippen LogP contribution < -0.4 is 5.32 Å². The van der Waals surface area contributed by atoms with E-state index in [-0.39, 0.29) is 0 Å². The molecule has 1 N–H and O–H groups in total. The van der Waals surface area contributed by atoms with Gasteiger partial charge in [-0.05, 0) is 31.7 Å². The van der Waals surface area contributed by atoms with E-state index in [1.807, 2.05) is 19.2 Å². The number of aromatic nitrogens is 2. The minimum Gasteiger partial charge on any atom is -0.308 e. The summed E-state index contributed by atoms with van der Waals surface area (Å²) in [5.74, 6) is 1.67. The lowest BCUT2D eigenvalue weighted by Gasteiger charge is -2.16. The smallest absolute Gasteiger partial charge is 0.125 e. The van der Waals surface area contributed by atoms with Crippen molar-refractivity contribution in [2.75, 3.05) is 0 Å². The van der Waals surface area contributed by atoms with Gasteiger partial charge in [-0.2, -0.15) is 0 Å². The fraction of sp³-hybridized carbons (Fsp3) is 0.667. The van der Waals surface area contributed by atoms with Crippen molar-refractivity contribution in [3.63, 3.8) is 0 Å². The quantitative estimate of drug-likeness (QED) is 0.820. The predicted octanol–water partition coefficient (Wildman–Crippen LogP) is 2.06. The Kier molecular flexibility index (Phi) is 3.31. The molecular weight excluding hydrogens is 186 g/mol. The zero-order valence-electron chi connectivity index (χ0n) is 9.53. The van der Waals surface area contributed by atoms with Gasteiger partial charge in [-0.1, -0.05) is 13.3 Å². The first-order valence-electron chi connectivity index (χ1n) is 5.77. The summed E-state index contributed by atoms with van der Waals surface area (Å²) in [4.78, 5) is 8.48. The van der Waals surface area contributed by atoms with Gasteiger partial charge in [0, 0.05) is 18.8 Å². The summed E-state index contributed by atoms with van der Waals surface area (Å²) in [6, 6.07) is 2.67. The minimum absolute atomic E-state index is 0.681. The fourth-order valence-electron chi connectivity index (χ4n) is 2.29. The average molecular weight is 205 g/mol. The summed E-state index contributed by atoms with van der Waals surface area (Å²) >= 11 is 0. The van der Waals surface area contributed by atoms with Gasteiger partial charge < -0.3 is 5.32 Å². The van der Waals surface area contributed by atoms with Crippen molar-refractivity contribution < 1.29 is 0 Å². The molecule has 1 saturated carbocycles. The van der Waals surface area contributed by atoms with Gasteiger partial charge in [-0.25, -0.2) is 9.97 Å². The van der Waals surface area contributed by atoms with Gasteiger partial charge in [0.1, 0.15) is 5.82 Å². The first-order chi connectivity index (χ1) is 7.25. The van der Waals surface area contributed by atoms with Crippen molar-refractivity contribution in [2.24, 2.45) is 5.92 Å². The molecule has 2 atom stereocenters. The fourth-order valence-corrected chi connectivity index (χ4v) is 2.29. The molecule has 0 saturated heterocycles. The molecular formula is C12H19N3. The van der Waals surface area contributed by atoms with Crippen LogP contribution in [-0.2, 0) is 6.54 Å². The number of rotatable bonds is 3. The van der Waals surface area contributed by atoms with Gasteiger partial charge in [0.05, 0.1) is 5.69 Å². The Bertz CT molecular complexity index is 324. The van der Waals surface area contributed by atoms with Crippen LogP contribution in [0.15, 0.2) is 12.3 Å². The molecule has 15 heavy (non-hydrogen) atoms. The van der Waals surface area contributed by atoms with Crippen LogP contribution in [0.2, 0.25) is 0 Å². The Morgan fingerprint density at radius 2 is 2.33 bits per heavy atom. The molecule has 82 valence electrons. The second-order valence-corrected chi connectivity index (χ2v) is 4.49. The summed E-state index contributed by atoms with van der Waals surface area (Å²) in [6.45, 7) is 5.13.